The van der Waals surface area contributed by atoms with Crippen LogP contribution in [0.1, 0.15) is 76.8 Å². The molecule has 0 fully saturated rings. The minimum atomic E-state index is -5.12. The minimum Gasteiger partial charge on any atom is -0.481 e. The molecule has 0 saturated heterocycles. The zero-order valence-corrected chi connectivity index (χ0v) is 44.3. The second-order valence-corrected chi connectivity index (χ2v) is 25.5. The lowest BCUT2D eigenvalue weighted by atomic mass is 9.74. The van der Waals surface area contributed by atoms with Crippen LogP contribution in [0.25, 0.3) is 21.5 Å². The molecule has 2 aliphatic heterocycles. The number of hydrogen-bond acceptors (Lipinski definition) is 15. The molecule has 2 aliphatic rings. The quantitative estimate of drug-likeness (QED) is 0.0245. The normalized spacial score (nSPS) is 20.3. The van der Waals surface area contributed by atoms with Crippen LogP contribution in [-0.4, -0.2) is 128 Å². The van der Waals surface area contributed by atoms with Gasteiger partial charge in [0.1, 0.15) is 9.79 Å². The van der Waals surface area contributed by atoms with Crippen LogP contribution in [0.4, 0.5) is 11.4 Å². The van der Waals surface area contributed by atoms with E-state index in [4.69, 9.17) is 9.47 Å². The van der Waals surface area contributed by atoms with Gasteiger partial charge in [-0.1, -0.05) is 49.8 Å². The molecule has 6 rings (SSSR count). The smallest absolute Gasteiger partial charge is 0.303 e. The van der Waals surface area contributed by atoms with E-state index in [2.05, 4.69) is 0 Å². The van der Waals surface area contributed by atoms with Crippen LogP contribution in [0.5, 0.6) is 0 Å². The number of rotatable bonds is 24. The van der Waals surface area contributed by atoms with Gasteiger partial charge in [0.15, 0.2) is 0 Å². The molecule has 4 aromatic rings. The lowest BCUT2D eigenvalue weighted by Gasteiger charge is -2.35. The van der Waals surface area contributed by atoms with Gasteiger partial charge in [-0.05, 0) is 110 Å². The molecule has 3 unspecified atom stereocenters. The average molecular weight is 1120 g/mol. The minimum absolute atomic E-state index is 0.00668. The summed E-state index contributed by atoms with van der Waals surface area (Å²) in [6, 6.07) is 9.02. The number of carboxylic acids is 1. The molecule has 4 aromatic carbocycles. The summed E-state index contributed by atoms with van der Waals surface area (Å²) in [5.41, 5.74) is 0.0707. The van der Waals surface area contributed by atoms with Crippen LogP contribution in [0.2, 0.25) is 0 Å². The predicted octanol–water partition coefficient (Wildman–Crippen LogP) is 6.59. The van der Waals surface area contributed by atoms with Gasteiger partial charge >= 0.3 is 5.97 Å². The number of allylic oxidation sites excluding steroid dienone is 5. The summed E-state index contributed by atoms with van der Waals surface area (Å²) in [7, 11) is -23.2. The van der Waals surface area contributed by atoms with E-state index < -0.39 is 98.8 Å². The molecule has 0 bridgehead atoms. The molecular weight excluding hydrogens is 1060 g/mol. The highest BCUT2D eigenvalue weighted by molar-refractivity contribution is 7.87. The van der Waals surface area contributed by atoms with Gasteiger partial charge in [0.25, 0.3) is 50.6 Å². The molecular formula is C47H58N2O19S5. The third-order valence-corrected chi connectivity index (χ3v) is 17.7. The van der Waals surface area contributed by atoms with E-state index in [1.54, 1.807) is 43.4 Å². The fourth-order valence-electron chi connectivity index (χ4n) is 10.3. The van der Waals surface area contributed by atoms with Crippen molar-refractivity contribution in [1.82, 2.24) is 0 Å². The van der Waals surface area contributed by atoms with E-state index in [0.717, 1.165) is 12.1 Å². The lowest BCUT2D eigenvalue weighted by molar-refractivity contribution is -0.137. The van der Waals surface area contributed by atoms with Gasteiger partial charge in [0.05, 0.1) is 34.8 Å². The van der Waals surface area contributed by atoms with Crippen molar-refractivity contribution >= 4 is 89.5 Å². The first kappa shape index (κ1) is 57.4. The lowest BCUT2D eigenvalue weighted by Crippen LogP contribution is -2.42. The number of benzene rings is 4. The molecule has 400 valence electrons. The number of carbonyl (C=O) groups is 1. The molecule has 0 radical (unpaired) electrons. The van der Waals surface area contributed by atoms with Crippen molar-refractivity contribution in [2.75, 3.05) is 55.6 Å². The highest BCUT2D eigenvalue weighted by Gasteiger charge is 2.48. The van der Waals surface area contributed by atoms with Gasteiger partial charge in [0, 0.05) is 71.9 Å². The molecule has 0 amide bonds. The number of hydrogen-bond donors (Lipinski definition) is 6. The van der Waals surface area contributed by atoms with Gasteiger partial charge in [-0.2, -0.15) is 42.1 Å². The summed E-state index contributed by atoms with van der Waals surface area (Å²) >= 11 is 0. The second-order valence-electron chi connectivity index (χ2n) is 18.3. The molecule has 73 heavy (non-hydrogen) atoms. The van der Waals surface area contributed by atoms with E-state index >= 15 is 0 Å². The fourth-order valence-corrected chi connectivity index (χ4v) is 13.4. The Morgan fingerprint density at radius 3 is 1.75 bits per heavy atom. The summed E-state index contributed by atoms with van der Waals surface area (Å²) in [5, 5.41) is 9.30. The zero-order valence-electron chi connectivity index (χ0n) is 40.2. The molecule has 6 N–H and O–H groups in total. The van der Waals surface area contributed by atoms with Crippen LogP contribution in [0.15, 0.2) is 104 Å². The van der Waals surface area contributed by atoms with Crippen LogP contribution in [-0.2, 0) is 75.7 Å². The van der Waals surface area contributed by atoms with Gasteiger partial charge in [-0.15, -0.1) is 0 Å². The Morgan fingerprint density at radius 2 is 1.23 bits per heavy atom. The highest BCUT2D eigenvalue weighted by Crippen LogP contribution is 2.55. The van der Waals surface area contributed by atoms with Crippen LogP contribution < -0.4 is 9.80 Å². The summed E-state index contributed by atoms with van der Waals surface area (Å²) in [6.07, 6.45) is 9.85. The van der Waals surface area contributed by atoms with Crippen LogP contribution >= 0.6 is 0 Å². The SMILES string of the molecule is CCN1c2ccc3c(S(=O)(=O)O)cc(S(=O)(=O)O)cc3c2C(C)(CCOCCOC)C1C=CC=CC=C1N(CCCCCC(=O)O)c2ccc3c(S(=O)(=O)O)cc(S(=O)(=O)O)cc3c2C1(C)CCCS(=O)(=O)O. The second kappa shape index (κ2) is 21.8. The first-order valence-electron chi connectivity index (χ1n) is 22.8. The number of methoxy groups -OCH3 is 1. The Morgan fingerprint density at radius 1 is 0.658 bits per heavy atom. The first-order valence-corrected chi connectivity index (χ1v) is 30.2. The van der Waals surface area contributed by atoms with E-state index in [9.17, 15) is 74.8 Å². The molecule has 0 saturated carbocycles. The molecule has 2 heterocycles. The third kappa shape index (κ3) is 12.5. The van der Waals surface area contributed by atoms with Crippen molar-refractivity contribution in [3.8, 4) is 0 Å². The van der Waals surface area contributed by atoms with Crippen molar-refractivity contribution in [3.05, 3.63) is 95.7 Å². The van der Waals surface area contributed by atoms with E-state index in [-0.39, 0.29) is 73.6 Å². The summed E-state index contributed by atoms with van der Waals surface area (Å²) in [4.78, 5) is 12.0. The molecule has 3 atom stereocenters. The Kier molecular flexibility index (Phi) is 17.1. The van der Waals surface area contributed by atoms with Gasteiger partial charge < -0.3 is 24.4 Å². The molecule has 0 aliphatic carbocycles. The van der Waals surface area contributed by atoms with E-state index in [0.29, 0.717) is 66.1 Å². The van der Waals surface area contributed by atoms with Crippen molar-refractivity contribution in [3.63, 3.8) is 0 Å². The zero-order chi connectivity index (χ0) is 54.1. The van der Waals surface area contributed by atoms with Crippen LogP contribution in [0.3, 0.4) is 0 Å². The number of nitrogens with zero attached hydrogens (tertiary/aromatic N) is 2. The number of anilines is 2. The number of fused-ring (bicyclic) bond motifs is 6. The number of aliphatic carboxylic acids is 1. The van der Waals surface area contributed by atoms with Gasteiger partial charge in [0.2, 0.25) is 0 Å². The van der Waals surface area contributed by atoms with Crippen molar-refractivity contribution in [2.45, 2.75) is 102 Å². The number of likely N-dealkylation sites (N-methyl/N-ethyl adjacent to an activating group) is 1. The van der Waals surface area contributed by atoms with E-state index in [1.807, 2.05) is 29.7 Å². The summed E-state index contributed by atoms with van der Waals surface area (Å²) in [5.74, 6) is -1.68. The fraction of sp³-hybridized carbons (Fsp3) is 0.426. The average Bonchev–Trinajstić information content (AvgIpc) is 3.66. The highest BCUT2D eigenvalue weighted by atomic mass is 32.2. The Hall–Kier alpha value is -4.84. The number of carboxylic acid groups (broad SMARTS) is 1. The Bertz CT molecular complexity index is 3490. The maximum atomic E-state index is 12.8. The van der Waals surface area contributed by atoms with Gasteiger partial charge in [-0.3, -0.25) is 27.6 Å². The number of ether oxygens (including phenoxy) is 2. The standard InChI is InChI=1S/C47H58N2O19S5/c1-5-48-37-18-16-33-35(27-31(70(55,56)57)29-39(33)72(61,62)63)44(37)47(3,21-23-68-25-24-67-4)41(48)13-8-6-9-14-42-46(2,20-12-26-69(52,53)54)45-36-28-32(71(58,59)60)30-40(73(64,65)66)34(36)17-19-38(45)49(42)22-11-7-10-15-43(50)51/h6,8-9,13-14,16-19,27-30,41H,5,7,10-12,15,20-26H2,1-4H3,(H,50,51)(H,52,53,54)(H,55,56,57)(H,58,59,60)(H,61,62,63)(H,64,65,66). The first-order chi connectivity index (χ1) is 33.9. The maximum Gasteiger partial charge on any atom is 0.303 e. The molecule has 0 aromatic heterocycles. The Balaban J connectivity index is 1.53. The number of unbranched alkanes of at least 4 members (excludes halogenated alkanes) is 2. The van der Waals surface area contributed by atoms with Gasteiger partial charge in [-0.25, -0.2) is 0 Å². The van der Waals surface area contributed by atoms with Crippen LogP contribution in [0, 0.1) is 0 Å². The largest absolute Gasteiger partial charge is 0.481 e. The monoisotopic (exact) mass is 1110 g/mol. The topological polar surface area (TPSA) is 334 Å². The Labute approximate surface area is 424 Å². The summed E-state index contributed by atoms with van der Waals surface area (Å²) < 4.78 is 187. The van der Waals surface area contributed by atoms with E-state index in [1.165, 1.54) is 19.2 Å². The molecule has 21 nitrogen and oxygen atoms in total. The van der Waals surface area contributed by atoms with Crippen molar-refractivity contribution in [2.24, 2.45) is 0 Å². The predicted molar refractivity (Wildman–Crippen MR) is 271 cm³/mol. The maximum absolute atomic E-state index is 12.8. The molecule has 0 spiro atoms. The summed E-state index contributed by atoms with van der Waals surface area (Å²) in [6.45, 7) is 6.79. The third-order valence-electron chi connectivity index (χ3n) is 13.5. The van der Waals surface area contributed by atoms with Crippen molar-refractivity contribution in [1.29, 1.82) is 0 Å². The van der Waals surface area contributed by atoms with Crippen molar-refractivity contribution < 1.29 is 84.2 Å². The molecule has 26 heteroatoms.